The first-order valence-corrected chi connectivity index (χ1v) is 6.95. The van der Waals surface area contributed by atoms with E-state index in [9.17, 15) is 10.0 Å². The van der Waals surface area contributed by atoms with Gasteiger partial charge in [0.2, 0.25) is 0 Å². The van der Waals surface area contributed by atoms with Gasteiger partial charge < -0.3 is 10.0 Å². The van der Waals surface area contributed by atoms with Crippen LogP contribution in [0.3, 0.4) is 0 Å². The van der Waals surface area contributed by atoms with Gasteiger partial charge in [0.25, 0.3) is 0 Å². The monoisotopic (exact) mass is 272 g/mol. The lowest BCUT2D eigenvalue weighted by Gasteiger charge is -2.11. The van der Waals surface area contributed by atoms with E-state index in [0.717, 1.165) is 16.2 Å². The van der Waals surface area contributed by atoms with E-state index in [-0.39, 0.29) is 0 Å². The molecule has 21 heavy (non-hydrogen) atoms. The van der Waals surface area contributed by atoms with E-state index in [1.807, 2.05) is 36.4 Å². The molecule has 2 nitrogen and oxygen atoms in total. The Morgan fingerprint density at radius 2 is 0.952 bits per heavy atom. The van der Waals surface area contributed by atoms with Crippen LogP contribution in [0.5, 0.6) is 0 Å². The third kappa shape index (κ3) is 1.83. The third-order valence-corrected chi connectivity index (χ3v) is 4.07. The van der Waals surface area contributed by atoms with E-state index in [0.29, 0.717) is 5.46 Å². The summed E-state index contributed by atoms with van der Waals surface area (Å²) in [5.74, 6) is 0. The van der Waals surface area contributed by atoms with Crippen molar-refractivity contribution in [2.75, 3.05) is 0 Å². The summed E-state index contributed by atoms with van der Waals surface area (Å²) in [6.45, 7) is 0. The topological polar surface area (TPSA) is 40.5 Å². The molecule has 3 heteroatoms. The Morgan fingerprint density at radius 3 is 1.43 bits per heavy atom. The highest BCUT2D eigenvalue weighted by Crippen LogP contribution is 2.34. The molecule has 0 aliphatic rings. The summed E-state index contributed by atoms with van der Waals surface area (Å²) in [5, 5.41) is 25.8. The Morgan fingerprint density at radius 1 is 0.524 bits per heavy atom. The van der Waals surface area contributed by atoms with Crippen LogP contribution in [0.15, 0.2) is 66.7 Å². The molecule has 0 saturated heterocycles. The first kappa shape index (κ1) is 12.4. The van der Waals surface area contributed by atoms with Crippen LogP contribution in [0.25, 0.3) is 32.3 Å². The smallest absolute Gasteiger partial charge is 0.423 e. The van der Waals surface area contributed by atoms with E-state index in [1.165, 1.54) is 16.2 Å². The Bertz CT molecular complexity index is 941. The standard InChI is InChI=1S/C18H13BO2/c20-19(21)12-9-10-17-15-7-2-1-5-13(15)14-6-3-4-8-16(14)18(17)11-12/h1-11,20-21H. The summed E-state index contributed by atoms with van der Waals surface area (Å²) >= 11 is 0. The van der Waals surface area contributed by atoms with Gasteiger partial charge in [-0.15, -0.1) is 0 Å². The van der Waals surface area contributed by atoms with Gasteiger partial charge in [-0.05, 0) is 37.8 Å². The van der Waals surface area contributed by atoms with Gasteiger partial charge in [0.15, 0.2) is 0 Å². The molecule has 0 aliphatic carbocycles. The zero-order valence-electron chi connectivity index (χ0n) is 11.3. The van der Waals surface area contributed by atoms with E-state index in [4.69, 9.17) is 0 Å². The molecule has 0 radical (unpaired) electrons. The molecular weight excluding hydrogens is 259 g/mol. The molecule has 0 fully saturated rings. The molecule has 0 bridgehead atoms. The van der Waals surface area contributed by atoms with Crippen molar-refractivity contribution in [1.82, 2.24) is 0 Å². The summed E-state index contributed by atoms with van der Waals surface area (Å²) in [4.78, 5) is 0. The van der Waals surface area contributed by atoms with Crippen LogP contribution in [-0.4, -0.2) is 17.2 Å². The third-order valence-electron chi connectivity index (χ3n) is 4.07. The minimum atomic E-state index is -1.44. The molecule has 4 aromatic carbocycles. The predicted molar refractivity (Wildman–Crippen MR) is 88.8 cm³/mol. The predicted octanol–water partition coefficient (Wildman–Crippen LogP) is 2.83. The summed E-state index contributed by atoms with van der Waals surface area (Å²) in [5.41, 5.74) is 0.517. The van der Waals surface area contributed by atoms with Crippen LogP contribution in [0.2, 0.25) is 0 Å². The van der Waals surface area contributed by atoms with Crippen LogP contribution in [0, 0.1) is 0 Å². The number of hydrogen-bond donors (Lipinski definition) is 2. The first-order valence-electron chi connectivity index (χ1n) is 6.95. The number of hydrogen-bond acceptors (Lipinski definition) is 2. The van der Waals surface area contributed by atoms with Crippen LogP contribution in [-0.2, 0) is 0 Å². The maximum Gasteiger partial charge on any atom is 0.488 e. The Hall–Kier alpha value is -2.36. The molecule has 2 N–H and O–H groups in total. The van der Waals surface area contributed by atoms with E-state index < -0.39 is 7.12 Å². The zero-order valence-corrected chi connectivity index (χ0v) is 11.3. The van der Waals surface area contributed by atoms with Crippen molar-refractivity contribution >= 4 is 44.9 Å². The zero-order chi connectivity index (χ0) is 14.4. The number of rotatable bonds is 1. The highest BCUT2D eigenvalue weighted by Gasteiger charge is 2.13. The fourth-order valence-electron chi connectivity index (χ4n) is 3.09. The van der Waals surface area contributed by atoms with Gasteiger partial charge in [0.05, 0.1) is 0 Å². The minimum Gasteiger partial charge on any atom is -0.423 e. The maximum absolute atomic E-state index is 9.42. The molecule has 100 valence electrons. The van der Waals surface area contributed by atoms with Crippen LogP contribution < -0.4 is 5.46 Å². The second-order valence-corrected chi connectivity index (χ2v) is 5.27. The Balaban J connectivity index is 2.30. The van der Waals surface area contributed by atoms with Crippen molar-refractivity contribution in [1.29, 1.82) is 0 Å². The summed E-state index contributed by atoms with van der Waals surface area (Å²) in [7, 11) is -1.44. The Kier molecular flexibility index (Phi) is 2.71. The average molecular weight is 272 g/mol. The van der Waals surface area contributed by atoms with E-state index >= 15 is 0 Å². The largest absolute Gasteiger partial charge is 0.488 e. The lowest BCUT2D eigenvalue weighted by molar-refractivity contribution is 0.426. The number of fused-ring (bicyclic) bond motifs is 6. The van der Waals surface area contributed by atoms with Gasteiger partial charge in [-0.25, -0.2) is 0 Å². The van der Waals surface area contributed by atoms with Crippen LogP contribution in [0.1, 0.15) is 0 Å². The summed E-state index contributed by atoms with van der Waals surface area (Å²) in [6, 6.07) is 22.2. The van der Waals surface area contributed by atoms with Crippen molar-refractivity contribution in [2.45, 2.75) is 0 Å². The number of benzene rings is 4. The molecule has 0 aromatic heterocycles. The summed E-state index contributed by atoms with van der Waals surface area (Å²) in [6.07, 6.45) is 0. The minimum absolute atomic E-state index is 0.517. The van der Waals surface area contributed by atoms with Crippen LogP contribution in [0.4, 0.5) is 0 Å². The quantitative estimate of drug-likeness (QED) is 0.413. The maximum atomic E-state index is 9.42. The van der Waals surface area contributed by atoms with Crippen molar-refractivity contribution in [3.05, 3.63) is 66.7 Å². The molecule has 0 heterocycles. The summed E-state index contributed by atoms with van der Waals surface area (Å²) < 4.78 is 0. The van der Waals surface area contributed by atoms with Crippen molar-refractivity contribution < 1.29 is 10.0 Å². The highest BCUT2D eigenvalue weighted by molar-refractivity contribution is 6.59. The molecular formula is C18H13BO2. The van der Waals surface area contributed by atoms with Crippen molar-refractivity contribution in [2.24, 2.45) is 0 Å². The molecule has 0 amide bonds. The van der Waals surface area contributed by atoms with Crippen molar-refractivity contribution in [3.63, 3.8) is 0 Å². The van der Waals surface area contributed by atoms with Gasteiger partial charge in [0.1, 0.15) is 0 Å². The normalized spacial score (nSPS) is 11.3. The SMILES string of the molecule is OB(O)c1ccc2c3ccccc3c3ccccc3c2c1. The second kappa shape index (κ2) is 4.59. The molecule has 0 spiro atoms. The molecule has 4 aromatic rings. The lowest BCUT2D eigenvalue weighted by atomic mass is 9.78. The van der Waals surface area contributed by atoms with Gasteiger partial charge in [-0.2, -0.15) is 0 Å². The fourth-order valence-corrected chi connectivity index (χ4v) is 3.09. The molecule has 0 saturated carbocycles. The van der Waals surface area contributed by atoms with Gasteiger partial charge >= 0.3 is 7.12 Å². The van der Waals surface area contributed by atoms with Gasteiger partial charge in [-0.3, -0.25) is 0 Å². The van der Waals surface area contributed by atoms with Crippen molar-refractivity contribution in [3.8, 4) is 0 Å². The molecule has 0 aliphatic heterocycles. The van der Waals surface area contributed by atoms with Gasteiger partial charge in [-0.1, -0.05) is 66.7 Å². The van der Waals surface area contributed by atoms with E-state index in [2.05, 4.69) is 24.3 Å². The fraction of sp³-hybridized carbons (Fsp3) is 0. The van der Waals surface area contributed by atoms with Gasteiger partial charge in [0, 0.05) is 0 Å². The second-order valence-electron chi connectivity index (χ2n) is 5.27. The van der Waals surface area contributed by atoms with E-state index in [1.54, 1.807) is 6.07 Å². The van der Waals surface area contributed by atoms with Crippen LogP contribution >= 0.6 is 0 Å². The first-order chi connectivity index (χ1) is 10.3. The highest BCUT2D eigenvalue weighted by atomic mass is 16.4. The molecule has 0 atom stereocenters. The molecule has 4 rings (SSSR count). The average Bonchev–Trinajstić information content (AvgIpc) is 2.54. The lowest BCUT2D eigenvalue weighted by Crippen LogP contribution is -2.29. The Labute approximate surface area is 122 Å². The molecule has 0 unspecified atom stereocenters.